The lowest BCUT2D eigenvalue weighted by molar-refractivity contribution is -0.137. The van der Waals surface area contributed by atoms with Crippen LogP contribution in [0.15, 0.2) is 30.5 Å². The average molecular weight is 300 g/mol. The topological polar surface area (TPSA) is 64.4 Å². The molecule has 0 aliphatic rings. The van der Waals surface area contributed by atoms with Gasteiger partial charge in [-0.3, -0.25) is 0 Å². The highest BCUT2D eigenvalue weighted by atomic mass is 19.4. The third-order valence-electron chi connectivity index (χ3n) is 2.67. The van der Waals surface area contributed by atoms with Crippen molar-refractivity contribution >= 4 is 5.97 Å². The van der Waals surface area contributed by atoms with Crippen LogP contribution in [0.25, 0.3) is 0 Å². The van der Waals surface area contributed by atoms with E-state index < -0.39 is 17.7 Å². The molecule has 0 bridgehead atoms. The van der Waals surface area contributed by atoms with Crippen LogP contribution in [0.5, 0.6) is 5.75 Å². The van der Waals surface area contributed by atoms with Gasteiger partial charge in [0.15, 0.2) is 0 Å². The van der Waals surface area contributed by atoms with E-state index in [0.29, 0.717) is 5.69 Å². The second-order valence-electron chi connectivity index (χ2n) is 4.29. The first-order valence-electron chi connectivity index (χ1n) is 5.83. The largest absolute Gasteiger partial charge is 0.487 e. The maximum Gasteiger partial charge on any atom is 0.416 e. The zero-order chi connectivity index (χ0) is 15.6. The molecule has 0 amide bonds. The Hall–Kier alpha value is -2.51. The van der Waals surface area contributed by atoms with Crippen LogP contribution >= 0.6 is 0 Å². The number of imidazole rings is 1. The summed E-state index contributed by atoms with van der Waals surface area (Å²) in [4.78, 5) is 14.6. The Bertz CT molecular complexity index is 665. The molecule has 0 atom stereocenters. The fourth-order valence-corrected chi connectivity index (χ4v) is 1.72. The minimum atomic E-state index is -4.44. The van der Waals surface area contributed by atoms with Gasteiger partial charge in [0, 0.05) is 13.2 Å². The molecule has 1 aromatic carbocycles. The van der Waals surface area contributed by atoms with Crippen molar-refractivity contribution in [1.29, 1.82) is 0 Å². The van der Waals surface area contributed by atoms with Gasteiger partial charge in [-0.1, -0.05) is 6.07 Å². The summed E-state index contributed by atoms with van der Waals surface area (Å²) >= 11 is 0. The van der Waals surface area contributed by atoms with Crippen LogP contribution in [0.4, 0.5) is 13.2 Å². The summed E-state index contributed by atoms with van der Waals surface area (Å²) in [7, 11) is 1.50. The lowest BCUT2D eigenvalue weighted by Crippen LogP contribution is -2.06. The molecule has 8 heteroatoms. The van der Waals surface area contributed by atoms with Gasteiger partial charge in [-0.15, -0.1) is 0 Å². The van der Waals surface area contributed by atoms with Crippen LogP contribution < -0.4 is 4.74 Å². The molecule has 0 radical (unpaired) electrons. The molecule has 2 aromatic rings. The molecule has 1 heterocycles. The van der Waals surface area contributed by atoms with Gasteiger partial charge in [0.1, 0.15) is 12.4 Å². The zero-order valence-corrected chi connectivity index (χ0v) is 10.9. The van der Waals surface area contributed by atoms with E-state index in [0.717, 1.165) is 12.1 Å². The van der Waals surface area contributed by atoms with Crippen LogP contribution in [-0.4, -0.2) is 20.6 Å². The van der Waals surface area contributed by atoms with Crippen LogP contribution in [-0.2, 0) is 19.8 Å². The smallest absolute Gasteiger partial charge is 0.416 e. The van der Waals surface area contributed by atoms with E-state index in [2.05, 4.69) is 4.98 Å². The molecule has 0 aliphatic carbocycles. The fraction of sp³-hybridized carbons (Fsp3) is 0.231. The molecule has 0 saturated carbocycles. The molecule has 1 aromatic heterocycles. The summed E-state index contributed by atoms with van der Waals surface area (Å²) in [6.07, 6.45) is -3.00. The standard InChI is InChI=1S/C13H11F3N2O3/c1-18-6-9(17-11(18)12(19)20)7-21-10-4-2-3-8(5-10)13(14,15)16/h2-6H,7H2,1H3,(H,19,20). The number of alkyl halides is 3. The van der Waals surface area contributed by atoms with E-state index in [4.69, 9.17) is 9.84 Å². The van der Waals surface area contributed by atoms with Gasteiger partial charge in [-0.2, -0.15) is 13.2 Å². The number of hydrogen-bond acceptors (Lipinski definition) is 3. The average Bonchev–Trinajstić information content (AvgIpc) is 2.77. The van der Waals surface area contributed by atoms with Crippen molar-refractivity contribution < 1.29 is 27.8 Å². The first-order valence-corrected chi connectivity index (χ1v) is 5.83. The van der Waals surface area contributed by atoms with Crippen LogP contribution in [0.3, 0.4) is 0 Å². The van der Waals surface area contributed by atoms with E-state index in [1.165, 1.54) is 29.9 Å². The van der Waals surface area contributed by atoms with Gasteiger partial charge < -0.3 is 14.4 Å². The molecule has 0 fully saturated rings. The van der Waals surface area contributed by atoms with Gasteiger partial charge >= 0.3 is 12.1 Å². The van der Waals surface area contributed by atoms with Gasteiger partial charge in [0.05, 0.1) is 11.3 Å². The van der Waals surface area contributed by atoms with Crippen molar-refractivity contribution in [1.82, 2.24) is 9.55 Å². The summed E-state index contributed by atoms with van der Waals surface area (Å²) in [5, 5.41) is 8.84. The van der Waals surface area contributed by atoms with Gasteiger partial charge in [-0.25, -0.2) is 9.78 Å². The summed E-state index contributed by atoms with van der Waals surface area (Å²) in [5.74, 6) is -1.33. The predicted octanol–water partition coefficient (Wildman–Crippen LogP) is 2.72. The number of carboxylic acid groups (broad SMARTS) is 1. The molecule has 0 unspecified atom stereocenters. The highest BCUT2D eigenvalue weighted by molar-refractivity contribution is 5.83. The molecule has 0 saturated heterocycles. The van der Waals surface area contributed by atoms with Gasteiger partial charge in [0.2, 0.25) is 5.82 Å². The van der Waals surface area contributed by atoms with Crippen molar-refractivity contribution in [3.8, 4) is 5.75 Å². The minimum Gasteiger partial charge on any atom is -0.487 e. The van der Waals surface area contributed by atoms with Crippen molar-refractivity contribution in [2.75, 3.05) is 0 Å². The Labute approximate surface area is 117 Å². The number of carbonyl (C=O) groups is 1. The summed E-state index contributed by atoms with van der Waals surface area (Å²) < 4.78 is 44.1. The highest BCUT2D eigenvalue weighted by Gasteiger charge is 2.30. The number of aryl methyl sites for hydroxylation is 1. The molecular formula is C13H11F3N2O3. The zero-order valence-electron chi connectivity index (χ0n) is 10.9. The maximum absolute atomic E-state index is 12.5. The minimum absolute atomic E-state index is 0.0346. The first kappa shape index (κ1) is 14.9. The number of rotatable bonds is 4. The molecule has 0 aliphatic heterocycles. The summed E-state index contributed by atoms with van der Waals surface area (Å²) in [6.45, 7) is -0.123. The van der Waals surface area contributed by atoms with Crippen molar-refractivity contribution in [2.45, 2.75) is 12.8 Å². The Morgan fingerprint density at radius 3 is 2.71 bits per heavy atom. The fourth-order valence-electron chi connectivity index (χ4n) is 1.72. The Balaban J connectivity index is 2.10. The molecule has 2 rings (SSSR count). The number of aromatic nitrogens is 2. The van der Waals surface area contributed by atoms with E-state index >= 15 is 0 Å². The number of halogens is 3. The Kier molecular flexibility index (Phi) is 3.88. The second-order valence-corrected chi connectivity index (χ2v) is 4.29. The molecular weight excluding hydrogens is 289 g/mol. The van der Waals surface area contributed by atoms with Crippen molar-refractivity contribution in [3.05, 3.63) is 47.5 Å². The monoisotopic (exact) mass is 300 g/mol. The SMILES string of the molecule is Cn1cc(COc2cccc(C(F)(F)F)c2)nc1C(=O)O. The number of carboxylic acids is 1. The third-order valence-corrected chi connectivity index (χ3v) is 2.67. The lowest BCUT2D eigenvalue weighted by atomic mass is 10.2. The number of hydrogen-bond donors (Lipinski definition) is 1. The van der Waals surface area contributed by atoms with E-state index in [-0.39, 0.29) is 18.2 Å². The maximum atomic E-state index is 12.5. The molecule has 112 valence electrons. The van der Waals surface area contributed by atoms with E-state index in [1.807, 2.05) is 0 Å². The van der Waals surface area contributed by atoms with E-state index in [1.54, 1.807) is 0 Å². The van der Waals surface area contributed by atoms with Crippen LogP contribution in [0.2, 0.25) is 0 Å². The lowest BCUT2D eigenvalue weighted by Gasteiger charge is -2.09. The highest BCUT2D eigenvalue weighted by Crippen LogP contribution is 2.31. The van der Waals surface area contributed by atoms with Crippen LogP contribution in [0, 0.1) is 0 Å². The quantitative estimate of drug-likeness (QED) is 0.943. The molecule has 21 heavy (non-hydrogen) atoms. The van der Waals surface area contributed by atoms with Crippen molar-refractivity contribution in [2.24, 2.45) is 7.05 Å². The van der Waals surface area contributed by atoms with Gasteiger partial charge in [0.25, 0.3) is 0 Å². The Morgan fingerprint density at radius 2 is 2.14 bits per heavy atom. The van der Waals surface area contributed by atoms with Crippen LogP contribution in [0.1, 0.15) is 21.9 Å². The number of benzene rings is 1. The second kappa shape index (κ2) is 5.47. The molecule has 5 nitrogen and oxygen atoms in total. The summed E-state index contributed by atoms with van der Waals surface area (Å²) in [6, 6.07) is 4.44. The number of ether oxygens (including phenoxy) is 1. The Morgan fingerprint density at radius 1 is 1.43 bits per heavy atom. The van der Waals surface area contributed by atoms with E-state index in [9.17, 15) is 18.0 Å². The van der Waals surface area contributed by atoms with Crippen molar-refractivity contribution in [3.63, 3.8) is 0 Å². The molecule has 0 spiro atoms. The third kappa shape index (κ3) is 3.53. The number of aromatic carboxylic acids is 1. The normalized spacial score (nSPS) is 11.4. The van der Waals surface area contributed by atoms with Gasteiger partial charge in [-0.05, 0) is 18.2 Å². The first-order chi connectivity index (χ1) is 9.77. The molecule has 1 N–H and O–H groups in total. The predicted molar refractivity (Wildman–Crippen MR) is 65.9 cm³/mol. The summed E-state index contributed by atoms with van der Waals surface area (Å²) in [5.41, 5.74) is -0.500. The number of nitrogens with zero attached hydrogens (tertiary/aromatic N) is 2.